The number of unbranched alkanes of at least 4 members (excludes halogenated alkanes) is 4. The average molecular weight is 402 g/mol. The molecule has 0 rings (SSSR count). The first-order valence-corrected chi connectivity index (χ1v) is 10.5. The summed E-state index contributed by atoms with van der Waals surface area (Å²) in [6, 6.07) is -2.18. The Balaban J connectivity index is 5.29. The number of carbonyl (C=O) groups is 1. The van der Waals surface area contributed by atoms with Crippen LogP contribution in [0.3, 0.4) is 0 Å². The van der Waals surface area contributed by atoms with Gasteiger partial charge in [-0.3, -0.25) is 4.79 Å². The Morgan fingerprint density at radius 1 is 1.04 bits per heavy atom. The maximum Gasteiger partial charge on any atom is 0.405 e. The molecule has 0 amide bonds. The van der Waals surface area contributed by atoms with Gasteiger partial charge in [-0.05, 0) is 33.6 Å². The molecule has 0 radical (unpaired) electrons. The van der Waals surface area contributed by atoms with E-state index in [0.29, 0.717) is 12.8 Å². The summed E-state index contributed by atoms with van der Waals surface area (Å²) >= 11 is 0. The van der Waals surface area contributed by atoms with Crippen LogP contribution in [0.2, 0.25) is 0 Å². The van der Waals surface area contributed by atoms with E-state index in [-0.39, 0.29) is 13.0 Å². The lowest BCUT2D eigenvalue weighted by atomic mass is 9.93. The van der Waals surface area contributed by atoms with Gasteiger partial charge in [0.2, 0.25) is 0 Å². The largest absolute Gasteiger partial charge is 0.465 e. The van der Waals surface area contributed by atoms with Gasteiger partial charge in [-0.25, -0.2) is 8.93 Å². The van der Waals surface area contributed by atoms with Gasteiger partial charge in [0.15, 0.2) is 0 Å². The predicted molar refractivity (Wildman–Crippen MR) is 99.0 cm³/mol. The highest BCUT2D eigenvalue weighted by molar-refractivity contribution is 7.84. The maximum absolute atomic E-state index is 13.6. The summed E-state index contributed by atoms with van der Waals surface area (Å²) < 4.78 is 59.4. The van der Waals surface area contributed by atoms with Crippen molar-refractivity contribution >= 4 is 17.0 Å². The van der Waals surface area contributed by atoms with Gasteiger partial charge in [-0.15, -0.1) is 0 Å². The van der Waals surface area contributed by atoms with Gasteiger partial charge in [0.25, 0.3) is 0 Å². The SMILES string of the molecule is CCCCCCC[C@@H](C(=O)OCCC)[C@@H](N[S@](=O)C(C)(C)C)C(F)(F)F. The average Bonchev–Trinajstić information content (AvgIpc) is 2.52. The van der Waals surface area contributed by atoms with Gasteiger partial charge in [-0.2, -0.15) is 13.2 Å². The molecule has 0 aromatic heterocycles. The van der Waals surface area contributed by atoms with Crippen molar-refractivity contribution in [2.45, 2.75) is 96.5 Å². The second kappa shape index (κ2) is 12.0. The van der Waals surface area contributed by atoms with Gasteiger partial charge < -0.3 is 4.74 Å². The lowest BCUT2D eigenvalue weighted by Crippen LogP contribution is -2.53. The topological polar surface area (TPSA) is 55.4 Å². The van der Waals surface area contributed by atoms with E-state index in [1.54, 1.807) is 27.7 Å². The Hall–Kier alpha value is -0.630. The van der Waals surface area contributed by atoms with Gasteiger partial charge in [0.05, 0.1) is 28.3 Å². The normalized spacial score (nSPS) is 16.2. The number of hydrogen-bond donors (Lipinski definition) is 1. The number of ether oxygens (including phenoxy) is 1. The molecule has 0 unspecified atom stereocenters. The van der Waals surface area contributed by atoms with Crippen LogP contribution in [0, 0.1) is 5.92 Å². The second-order valence-electron chi connectivity index (χ2n) is 7.50. The third kappa shape index (κ3) is 9.90. The van der Waals surface area contributed by atoms with E-state index in [1.165, 1.54) is 0 Å². The summed E-state index contributed by atoms with van der Waals surface area (Å²) in [5, 5.41) is 0. The molecule has 0 heterocycles. The highest BCUT2D eigenvalue weighted by Gasteiger charge is 2.49. The lowest BCUT2D eigenvalue weighted by Gasteiger charge is -2.30. The lowest BCUT2D eigenvalue weighted by molar-refractivity contribution is -0.179. The number of nitrogens with one attached hydrogen (secondary N) is 1. The second-order valence-corrected chi connectivity index (χ2v) is 9.49. The van der Waals surface area contributed by atoms with E-state index in [9.17, 15) is 22.2 Å². The minimum absolute atomic E-state index is 0.0603. The van der Waals surface area contributed by atoms with E-state index in [0.717, 1.165) is 25.7 Å². The van der Waals surface area contributed by atoms with Crippen LogP contribution in [-0.4, -0.2) is 33.8 Å². The van der Waals surface area contributed by atoms with Crippen molar-refractivity contribution in [2.24, 2.45) is 5.92 Å². The van der Waals surface area contributed by atoms with Crippen molar-refractivity contribution in [3.05, 3.63) is 0 Å². The van der Waals surface area contributed by atoms with Crippen LogP contribution in [0.5, 0.6) is 0 Å². The Kier molecular flexibility index (Phi) is 11.7. The fourth-order valence-corrected chi connectivity index (χ4v) is 3.25. The van der Waals surface area contributed by atoms with Crippen LogP contribution >= 0.6 is 0 Å². The van der Waals surface area contributed by atoms with Crippen LogP contribution in [0.4, 0.5) is 13.2 Å². The smallest absolute Gasteiger partial charge is 0.405 e. The maximum atomic E-state index is 13.6. The first kappa shape index (κ1) is 25.4. The molecule has 0 aromatic rings. The van der Waals surface area contributed by atoms with Crippen LogP contribution in [0.1, 0.15) is 79.6 Å². The molecule has 1 N–H and O–H groups in total. The molecule has 0 saturated carbocycles. The molecule has 0 saturated heterocycles. The van der Waals surface area contributed by atoms with E-state index < -0.39 is 39.8 Å². The minimum atomic E-state index is -4.69. The Labute approximate surface area is 158 Å². The molecule has 0 aromatic carbocycles. The molecule has 0 aliphatic carbocycles. The van der Waals surface area contributed by atoms with E-state index >= 15 is 0 Å². The van der Waals surface area contributed by atoms with Crippen LogP contribution in [0.25, 0.3) is 0 Å². The first-order valence-electron chi connectivity index (χ1n) is 9.36. The molecule has 0 spiro atoms. The van der Waals surface area contributed by atoms with Crippen molar-refractivity contribution in [1.82, 2.24) is 4.72 Å². The molecule has 26 heavy (non-hydrogen) atoms. The van der Waals surface area contributed by atoms with Gasteiger partial charge in [0.1, 0.15) is 6.04 Å². The molecule has 3 atom stereocenters. The number of esters is 1. The zero-order valence-electron chi connectivity index (χ0n) is 16.6. The third-order valence-corrected chi connectivity index (χ3v) is 5.50. The molecule has 0 fully saturated rings. The van der Waals surface area contributed by atoms with E-state index in [2.05, 4.69) is 11.6 Å². The van der Waals surface area contributed by atoms with Crippen molar-refractivity contribution in [3.63, 3.8) is 0 Å². The quantitative estimate of drug-likeness (QED) is 0.374. The number of hydrogen-bond acceptors (Lipinski definition) is 3. The number of carbonyl (C=O) groups excluding carboxylic acids is 1. The summed E-state index contributed by atoms with van der Waals surface area (Å²) in [6.45, 7) is 8.66. The molecule has 0 aliphatic heterocycles. The van der Waals surface area contributed by atoms with Gasteiger partial charge in [-0.1, -0.05) is 46.0 Å². The Morgan fingerprint density at radius 2 is 1.62 bits per heavy atom. The van der Waals surface area contributed by atoms with Gasteiger partial charge >= 0.3 is 12.1 Å². The summed E-state index contributed by atoms with van der Waals surface area (Å²) in [5.74, 6) is -2.27. The molecule has 0 bridgehead atoms. The summed E-state index contributed by atoms with van der Waals surface area (Å²) in [5.41, 5.74) is 0. The molecular formula is C18H34F3NO3S. The fourth-order valence-electron chi connectivity index (χ4n) is 2.37. The summed E-state index contributed by atoms with van der Waals surface area (Å²) in [7, 11) is -1.94. The highest BCUT2D eigenvalue weighted by Crippen LogP contribution is 2.31. The number of alkyl halides is 3. The summed E-state index contributed by atoms with van der Waals surface area (Å²) in [6.07, 6.45) is 0.128. The molecule has 156 valence electrons. The molecule has 4 nitrogen and oxygen atoms in total. The van der Waals surface area contributed by atoms with Gasteiger partial charge in [0, 0.05) is 0 Å². The standard InChI is InChI=1S/C18H34F3NO3S/c1-6-8-9-10-11-12-14(16(23)25-13-7-2)15(18(19,20)21)22-26(24)17(3,4)5/h14-15,22H,6-13H2,1-5H3/t14-,15-,26-/m1/s1. The zero-order valence-corrected chi connectivity index (χ0v) is 17.4. The Bertz CT molecular complexity index is 436. The third-order valence-electron chi connectivity index (χ3n) is 3.92. The summed E-state index contributed by atoms with van der Waals surface area (Å²) in [4.78, 5) is 12.3. The molecule has 0 aliphatic rings. The highest BCUT2D eigenvalue weighted by atomic mass is 32.2. The molecule has 8 heteroatoms. The number of halogens is 3. The first-order chi connectivity index (χ1) is 11.9. The van der Waals surface area contributed by atoms with E-state index in [4.69, 9.17) is 4.74 Å². The molecular weight excluding hydrogens is 367 g/mol. The van der Waals surface area contributed by atoms with Crippen molar-refractivity contribution in [2.75, 3.05) is 6.61 Å². The van der Waals surface area contributed by atoms with Crippen molar-refractivity contribution < 1.29 is 26.9 Å². The minimum Gasteiger partial charge on any atom is -0.465 e. The monoisotopic (exact) mass is 401 g/mol. The predicted octanol–water partition coefficient (Wildman–Crippen LogP) is 4.90. The van der Waals surface area contributed by atoms with Crippen molar-refractivity contribution in [1.29, 1.82) is 0 Å². The van der Waals surface area contributed by atoms with E-state index in [1.807, 2.05) is 0 Å². The van der Waals surface area contributed by atoms with Crippen LogP contribution < -0.4 is 4.72 Å². The number of rotatable bonds is 12. The van der Waals surface area contributed by atoms with Crippen molar-refractivity contribution in [3.8, 4) is 0 Å². The zero-order chi connectivity index (χ0) is 20.4. The Morgan fingerprint density at radius 3 is 2.08 bits per heavy atom. The fraction of sp³-hybridized carbons (Fsp3) is 0.944. The van der Waals surface area contributed by atoms with Crippen LogP contribution in [-0.2, 0) is 20.5 Å². The van der Waals surface area contributed by atoms with Crippen LogP contribution in [0.15, 0.2) is 0 Å².